The van der Waals surface area contributed by atoms with Gasteiger partial charge in [-0.15, -0.1) is 0 Å². The molecule has 2 aliphatic heterocycles. The highest BCUT2D eigenvalue weighted by Crippen LogP contribution is 2.34. The van der Waals surface area contributed by atoms with Gasteiger partial charge >= 0.3 is 0 Å². The topological polar surface area (TPSA) is 121 Å². The van der Waals surface area contributed by atoms with Crippen molar-refractivity contribution < 1.29 is 4.79 Å². The molecule has 1 aromatic heterocycles. The second kappa shape index (κ2) is 12.7. The van der Waals surface area contributed by atoms with Crippen molar-refractivity contribution in [2.24, 2.45) is 11.8 Å². The van der Waals surface area contributed by atoms with Crippen LogP contribution in [0.1, 0.15) is 49.9 Å². The minimum Gasteiger partial charge on any atom is -0.362 e. The third-order valence-electron chi connectivity index (χ3n) is 7.49. The van der Waals surface area contributed by atoms with Crippen molar-refractivity contribution in [3.63, 3.8) is 0 Å². The van der Waals surface area contributed by atoms with Gasteiger partial charge in [-0.1, -0.05) is 29.3 Å². The summed E-state index contributed by atoms with van der Waals surface area (Å²) in [7, 11) is 1.68. The lowest BCUT2D eigenvalue weighted by atomic mass is 9.80. The number of nitriles is 1. The molecule has 0 spiro atoms. The average Bonchev–Trinajstić information content (AvgIpc) is 2.87. The smallest absolute Gasteiger partial charge is 0.219 e. The molecule has 1 amide bonds. The molecular weight excluding hydrogens is 523 g/mol. The van der Waals surface area contributed by atoms with E-state index >= 15 is 0 Å². The summed E-state index contributed by atoms with van der Waals surface area (Å²) in [4.78, 5) is 25.4. The number of piperidine rings is 1. The Bertz CT molecular complexity index is 1210. The number of amides is 1. The van der Waals surface area contributed by atoms with Crippen LogP contribution in [0.3, 0.4) is 0 Å². The summed E-state index contributed by atoms with van der Waals surface area (Å²) in [6.07, 6.45) is 5.52. The molecule has 38 heavy (non-hydrogen) atoms. The highest BCUT2D eigenvalue weighted by atomic mass is 35.5. The zero-order chi connectivity index (χ0) is 27.2. The zero-order valence-electron chi connectivity index (χ0n) is 21.8. The Morgan fingerprint density at radius 1 is 1.29 bits per heavy atom. The van der Waals surface area contributed by atoms with Crippen molar-refractivity contribution in [1.29, 1.82) is 10.7 Å². The Hall–Kier alpha value is -2.93. The number of nitrogens with one attached hydrogen (secondary N) is 3. The van der Waals surface area contributed by atoms with Gasteiger partial charge < -0.3 is 20.4 Å². The predicted octanol–water partition coefficient (Wildman–Crippen LogP) is 4.52. The van der Waals surface area contributed by atoms with E-state index in [1.807, 2.05) is 19.1 Å². The first-order chi connectivity index (χ1) is 18.3. The predicted molar refractivity (Wildman–Crippen MR) is 151 cm³/mol. The van der Waals surface area contributed by atoms with Crippen LogP contribution in [0, 0.1) is 28.6 Å². The minimum atomic E-state index is -0.249. The van der Waals surface area contributed by atoms with E-state index in [9.17, 15) is 10.1 Å². The minimum absolute atomic E-state index is 0.102. The van der Waals surface area contributed by atoms with E-state index in [1.165, 1.54) is 12.8 Å². The number of carbonyl (C=O) groups is 1. The van der Waals surface area contributed by atoms with Gasteiger partial charge in [0, 0.05) is 43.1 Å². The molecule has 9 nitrogen and oxygen atoms in total. The summed E-state index contributed by atoms with van der Waals surface area (Å²) in [5.74, 6) is 2.43. The van der Waals surface area contributed by atoms with E-state index in [0.717, 1.165) is 50.5 Å². The van der Waals surface area contributed by atoms with Crippen molar-refractivity contribution in [2.45, 2.75) is 38.6 Å². The molecule has 11 heteroatoms. The van der Waals surface area contributed by atoms with Crippen LogP contribution in [-0.2, 0) is 4.79 Å². The average molecular weight is 558 g/mol. The number of carbonyl (C=O) groups excluding carboxylic acids is 1. The summed E-state index contributed by atoms with van der Waals surface area (Å²) in [5, 5.41) is 24.5. The number of aromatic nitrogens is 2. The molecule has 0 aliphatic carbocycles. The Labute approximate surface area is 234 Å². The maximum atomic E-state index is 11.5. The Morgan fingerprint density at radius 3 is 2.79 bits per heavy atom. The van der Waals surface area contributed by atoms with Crippen LogP contribution in [0.5, 0.6) is 0 Å². The van der Waals surface area contributed by atoms with Crippen LogP contribution in [0.15, 0.2) is 24.4 Å². The van der Waals surface area contributed by atoms with E-state index < -0.39 is 0 Å². The molecule has 3 N–H and O–H groups in total. The SMILES string of the molecule is CNC(=O)CCCN1CCCC(C2CN(c3cnc(C(=N)C#N)c(NC(C)c4ccc(Cl)cc4Cl)n3)C2)C1. The van der Waals surface area contributed by atoms with Gasteiger partial charge in [0.05, 0.1) is 12.2 Å². The number of anilines is 2. The Morgan fingerprint density at radius 2 is 2.08 bits per heavy atom. The molecule has 3 heterocycles. The normalized spacial score (nSPS) is 18.8. The van der Waals surface area contributed by atoms with Gasteiger partial charge in [-0.3, -0.25) is 10.2 Å². The maximum Gasteiger partial charge on any atom is 0.219 e. The maximum absolute atomic E-state index is 11.5. The van der Waals surface area contributed by atoms with Gasteiger partial charge in [-0.25, -0.2) is 9.97 Å². The van der Waals surface area contributed by atoms with Crippen molar-refractivity contribution in [2.75, 3.05) is 50.0 Å². The number of halogens is 2. The highest BCUT2D eigenvalue weighted by molar-refractivity contribution is 6.35. The first kappa shape index (κ1) is 28.1. The number of likely N-dealkylation sites (tertiary alicyclic amines) is 1. The lowest BCUT2D eigenvalue weighted by Gasteiger charge is -2.47. The molecule has 2 aromatic rings. The summed E-state index contributed by atoms with van der Waals surface area (Å²) in [6, 6.07) is 6.93. The number of benzene rings is 1. The van der Waals surface area contributed by atoms with Crippen LogP contribution < -0.4 is 15.5 Å². The molecule has 0 radical (unpaired) electrons. The van der Waals surface area contributed by atoms with Gasteiger partial charge in [-0.05, 0) is 68.8 Å². The summed E-state index contributed by atoms with van der Waals surface area (Å²) in [5.41, 5.74) is 0.796. The van der Waals surface area contributed by atoms with Crippen LogP contribution in [-0.4, -0.2) is 66.3 Å². The monoisotopic (exact) mass is 556 g/mol. The summed E-state index contributed by atoms with van der Waals surface area (Å²) < 4.78 is 0. The molecule has 2 saturated heterocycles. The van der Waals surface area contributed by atoms with Gasteiger partial charge in [0.25, 0.3) is 0 Å². The summed E-state index contributed by atoms with van der Waals surface area (Å²) >= 11 is 12.4. The largest absolute Gasteiger partial charge is 0.362 e. The van der Waals surface area contributed by atoms with Gasteiger partial charge in [0.15, 0.2) is 11.5 Å². The fraction of sp³-hybridized carbons (Fsp3) is 0.519. The second-order valence-electron chi connectivity index (χ2n) is 10.1. The van der Waals surface area contributed by atoms with E-state index in [-0.39, 0.29) is 23.4 Å². The van der Waals surface area contributed by atoms with Crippen molar-refractivity contribution in [1.82, 2.24) is 20.2 Å². The number of hydrogen-bond acceptors (Lipinski definition) is 8. The van der Waals surface area contributed by atoms with E-state index in [2.05, 4.69) is 25.4 Å². The number of rotatable bonds is 10. The molecule has 2 atom stereocenters. The molecule has 2 unspecified atom stereocenters. The molecule has 202 valence electrons. The Kier molecular flexibility index (Phi) is 9.42. The quantitative estimate of drug-likeness (QED) is 0.367. The van der Waals surface area contributed by atoms with Crippen LogP contribution in [0.2, 0.25) is 10.0 Å². The highest BCUT2D eigenvalue weighted by Gasteiger charge is 2.36. The van der Waals surface area contributed by atoms with Crippen molar-refractivity contribution in [3.8, 4) is 6.07 Å². The molecule has 0 saturated carbocycles. The number of nitrogens with zero attached hydrogens (tertiary/aromatic N) is 5. The van der Waals surface area contributed by atoms with Crippen molar-refractivity contribution in [3.05, 3.63) is 45.7 Å². The molecule has 4 rings (SSSR count). The van der Waals surface area contributed by atoms with Crippen LogP contribution >= 0.6 is 23.2 Å². The standard InChI is InChI=1S/C27H34Cl2N8O/c1-17(21-8-7-20(28)11-22(21)29)34-27-26(23(31)12-30)33-13-24(35-27)37-15-19(16-37)18-5-3-9-36(14-18)10-4-6-25(38)32-2/h7-8,11,13,17-19,31H,3-6,9-10,14-16H2,1-2H3,(H,32,38)(H,34,35). The van der Waals surface area contributed by atoms with E-state index in [0.29, 0.717) is 34.1 Å². The third kappa shape index (κ3) is 6.73. The van der Waals surface area contributed by atoms with Gasteiger partial charge in [0.2, 0.25) is 5.91 Å². The van der Waals surface area contributed by atoms with Gasteiger partial charge in [-0.2, -0.15) is 5.26 Å². The lowest BCUT2D eigenvalue weighted by molar-refractivity contribution is -0.120. The third-order valence-corrected chi connectivity index (χ3v) is 8.05. The van der Waals surface area contributed by atoms with Gasteiger partial charge in [0.1, 0.15) is 17.6 Å². The van der Waals surface area contributed by atoms with Crippen LogP contribution in [0.25, 0.3) is 0 Å². The fourth-order valence-corrected chi connectivity index (χ4v) is 5.84. The molecule has 1 aromatic carbocycles. The molecule has 2 aliphatic rings. The van der Waals surface area contributed by atoms with E-state index in [1.54, 1.807) is 25.4 Å². The molecule has 0 bridgehead atoms. The zero-order valence-corrected chi connectivity index (χ0v) is 23.3. The number of hydrogen-bond donors (Lipinski definition) is 3. The van der Waals surface area contributed by atoms with Crippen LogP contribution in [0.4, 0.5) is 11.6 Å². The fourth-order valence-electron chi connectivity index (χ4n) is 5.27. The van der Waals surface area contributed by atoms with Crippen molar-refractivity contribution >= 4 is 46.5 Å². The van der Waals surface area contributed by atoms with E-state index in [4.69, 9.17) is 33.6 Å². The Balaban J connectivity index is 1.40. The first-order valence-electron chi connectivity index (χ1n) is 13.0. The summed E-state index contributed by atoms with van der Waals surface area (Å²) in [6.45, 7) is 6.87. The second-order valence-corrected chi connectivity index (χ2v) is 10.9. The molecular formula is C27H34Cl2N8O. The first-order valence-corrected chi connectivity index (χ1v) is 13.8. The lowest BCUT2D eigenvalue weighted by Crippen LogP contribution is -2.54. The molecule has 2 fully saturated rings.